The molecule has 1 atom stereocenters. The number of likely N-dealkylation sites (tertiary alicyclic amines) is 1. The van der Waals surface area contributed by atoms with E-state index in [0.717, 1.165) is 44.0 Å². The van der Waals surface area contributed by atoms with E-state index in [-0.39, 0.29) is 12.8 Å². The third kappa shape index (κ3) is 2.77. The number of rotatable bonds is 2. The van der Waals surface area contributed by atoms with Gasteiger partial charge in [-0.25, -0.2) is 0 Å². The van der Waals surface area contributed by atoms with Crippen molar-refractivity contribution in [2.45, 2.75) is 75.2 Å². The fraction of sp³-hybridized carbons (Fsp3) is 0.667. The van der Waals surface area contributed by atoms with Crippen LogP contribution in [-0.4, -0.2) is 35.1 Å². The number of hydrogen-bond donors (Lipinski definition) is 1. The first-order chi connectivity index (χ1) is 11.7. The number of carboxylic acids is 1. The minimum atomic E-state index is -0.648. The Hall–Kier alpha value is -1.35. The van der Waals surface area contributed by atoms with Gasteiger partial charge in [0.1, 0.15) is 0 Å². The summed E-state index contributed by atoms with van der Waals surface area (Å²) in [5, 5.41) is 9.65. The molecule has 1 N–H and O–H groups in total. The van der Waals surface area contributed by atoms with Crippen LogP contribution >= 0.6 is 0 Å². The summed E-state index contributed by atoms with van der Waals surface area (Å²) in [4.78, 5) is 14.4. The molecule has 1 saturated carbocycles. The summed E-state index contributed by atoms with van der Waals surface area (Å²) in [6.07, 6.45) is 11.4. The molecule has 2 aliphatic carbocycles. The van der Waals surface area contributed by atoms with Gasteiger partial charge in [-0.1, -0.05) is 49.9 Å². The zero-order valence-electron chi connectivity index (χ0n) is 14.5. The number of benzene rings is 1. The smallest absolute Gasteiger partial charge is 0.311 e. The molecule has 1 unspecified atom stereocenters. The van der Waals surface area contributed by atoms with Crippen molar-refractivity contribution in [3.8, 4) is 0 Å². The standard InChI is InChI=1S/C21H29NO2.H2/c23-20(24)18-15-21(19-10-6-5-9-17(18)19)11-13-22(14-12-21)16-7-3-1-2-4-8-16;/h5-6,9-10,16,18H,1-4,7-8,11-15H2,(H,23,24);1H. The van der Waals surface area contributed by atoms with Crippen LogP contribution in [0, 0.1) is 0 Å². The summed E-state index contributed by atoms with van der Waals surface area (Å²) in [5.41, 5.74) is 2.52. The summed E-state index contributed by atoms with van der Waals surface area (Å²) < 4.78 is 0. The number of fused-ring (bicyclic) bond motifs is 2. The molecule has 132 valence electrons. The van der Waals surface area contributed by atoms with Gasteiger partial charge in [-0.15, -0.1) is 0 Å². The number of hydrogen-bond acceptors (Lipinski definition) is 2. The van der Waals surface area contributed by atoms with Crippen molar-refractivity contribution < 1.29 is 11.3 Å². The van der Waals surface area contributed by atoms with Crippen molar-refractivity contribution in [3.63, 3.8) is 0 Å². The molecule has 1 aromatic carbocycles. The zero-order chi connectivity index (χ0) is 16.6. The van der Waals surface area contributed by atoms with Gasteiger partial charge in [-0.3, -0.25) is 4.79 Å². The number of carboxylic acid groups (broad SMARTS) is 1. The molecule has 1 aromatic rings. The zero-order valence-corrected chi connectivity index (χ0v) is 14.5. The molecular weight excluding hydrogens is 298 g/mol. The molecule has 0 bridgehead atoms. The summed E-state index contributed by atoms with van der Waals surface area (Å²) in [7, 11) is 0. The maximum absolute atomic E-state index is 11.7. The third-order valence-corrected chi connectivity index (χ3v) is 6.90. The molecule has 1 aliphatic heterocycles. The monoisotopic (exact) mass is 329 g/mol. The van der Waals surface area contributed by atoms with E-state index in [1.165, 1.54) is 44.1 Å². The van der Waals surface area contributed by atoms with Gasteiger partial charge >= 0.3 is 5.97 Å². The van der Waals surface area contributed by atoms with Crippen LogP contribution in [-0.2, 0) is 10.2 Å². The summed E-state index contributed by atoms with van der Waals surface area (Å²) >= 11 is 0. The van der Waals surface area contributed by atoms with Crippen molar-refractivity contribution in [1.82, 2.24) is 4.90 Å². The molecule has 1 spiro atoms. The Bertz CT molecular complexity index is 602. The number of carbonyl (C=O) groups is 1. The van der Waals surface area contributed by atoms with Crippen LogP contribution in [0.2, 0.25) is 0 Å². The minimum absolute atomic E-state index is 0. The van der Waals surface area contributed by atoms with Crippen LogP contribution in [0.5, 0.6) is 0 Å². The molecule has 3 heteroatoms. The highest BCUT2D eigenvalue weighted by molar-refractivity contribution is 5.78. The van der Waals surface area contributed by atoms with Crippen LogP contribution in [0.3, 0.4) is 0 Å². The van der Waals surface area contributed by atoms with Crippen LogP contribution in [0.15, 0.2) is 24.3 Å². The second-order valence-corrected chi connectivity index (χ2v) is 8.14. The molecule has 1 heterocycles. The third-order valence-electron chi connectivity index (χ3n) is 6.90. The lowest BCUT2D eigenvalue weighted by Gasteiger charge is -2.43. The number of piperidine rings is 1. The van der Waals surface area contributed by atoms with E-state index in [9.17, 15) is 9.90 Å². The first-order valence-electron chi connectivity index (χ1n) is 9.76. The summed E-state index contributed by atoms with van der Waals surface area (Å²) in [6.45, 7) is 2.29. The Morgan fingerprint density at radius 2 is 1.75 bits per heavy atom. The second kappa shape index (κ2) is 6.51. The van der Waals surface area contributed by atoms with Crippen molar-refractivity contribution in [2.75, 3.05) is 13.1 Å². The Morgan fingerprint density at radius 3 is 2.42 bits per heavy atom. The summed E-state index contributed by atoms with van der Waals surface area (Å²) in [5.74, 6) is -0.948. The molecule has 0 radical (unpaired) electrons. The van der Waals surface area contributed by atoms with E-state index in [1.807, 2.05) is 12.1 Å². The minimum Gasteiger partial charge on any atom is -0.481 e. The molecule has 0 amide bonds. The van der Waals surface area contributed by atoms with E-state index in [1.54, 1.807) is 0 Å². The molecule has 1 saturated heterocycles. The number of aliphatic carboxylic acids is 1. The predicted molar refractivity (Wildman–Crippen MR) is 97.5 cm³/mol. The quantitative estimate of drug-likeness (QED) is 0.809. The van der Waals surface area contributed by atoms with E-state index in [0.29, 0.717) is 0 Å². The maximum Gasteiger partial charge on any atom is 0.311 e. The maximum atomic E-state index is 11.7. The lowest BCUT2D eigenvalue weighted by Crippen LogP contribution is -2.46. The lowest BCUT2D eigenvalue weighted by atomic mass is 9.73. The Kier molecular flexibility index (Phi) is 4.38. The topological polar surface area (TPSA) is 40.5 Å². The molecule has 3 nitrogen and oxygen atoms in total. The highest BCUT2D eigenvalue weighted by atomic mass is 16.4. The normalized spacial score (nSPS) is 27.8. The molecule has 2 fully saturated rings. The first-order valence-corrected chi connectivity index (χ1v) is 9.76. The molecule has 0 aromatic heterocycles. The van der Waals surface area contributed by atoms with Gasteiger partial charge in [0.15, 0.2) is 0 Å². The molecular formula is C21H31NO2. The van der Waals surface area contributed by atoms with E-state index in [4.69, 9.17) is 0 Å². The second-order valence-electron chi connectivity index (χ2n) is 8.14. The van der Waals surface area contributed by atoms with Crippen LogP contribution < -0.4 is 0 Å². The molecule has 3 aliphatic rings. The van der Waals surface area contributed by atoms with Crippen molar-refractivity contribution in [2.24, 2.45) is 0 Å². The molecule has 4 rings (SSSR count). The van der Waals surface area contributed by atoms with E-state index in [2.05, 4.69) is 17.0 Å². The fourth-order valence-corrected chi connectivity index (χ4v) is 5.53. The SMILES string of the molecule is O=C(O)C1CC2(CCN(C3CCCCCC3)CC2)c2ccccc21.[HH]. The van der Waals surface area contributed by atoms with Crippen molar-refractivity contribution in [1.29, 1.82) is 0 Å². The Balaban J connectivity index is 0.00000182. The van der Waals surface area contributed by atoms with Gasteiger partial charge in [0.2, 0.25) is 0 Å². The van der Waals surface area contributed by atoms with Gasteiger partial charge in [-0.05, 0) is 61.7 Å². The van der Waals surface area contributed by atoms with Gasteiger partial charge in [0.05, 0.1) is 5.92 Å². The first kappa shape index (κ1) is 16.1. The van der Waals surface area contributed by atoms with Crippen molar-refractivity contribution in [3.05, 3.63) is 35.4 Å². The number of nitrogens with zero attached hydrogens (tertiary/aromatic N) is 1. The highest BCUT2D eigenvalue weighted by Gasteiger charge is 2.47. The average Bonchev–Trinajstić information content (AvgIpc) is 2.77. The van der Waals surface area contributed by atoms with Gasteiger partial charge in [0, 0.05) is 7.47 Å². The van der Waals surface area contributed by atoms with Gasteiger partial charge < -0.3 is 10.0 Å². The van der Waals surface area contributed by atoms with E-state index < -0.39 is 5.97 Å². The van der Waals surface area contributed by atoms with E-state index >= 15 is 0 Å². The fourth-order valence-electron chi connectivity index (χ4n) is 5.53. The molecule has 24 heavy (non-hydrogen) atoms. The summed E-state index contributed by atoms with van der Waals surface area (Å²) in [6, 6.07) is 9.09. The van der Waals surface area contributed by atoms with Crippen LogP contribution in [0.25, 0.3) is 0 Å². The Morgan fingerprint density at radius 1 is 1.08 bits per heavy atom. The van der Waals surface area contributed by atoms with Crippen LogP contribution in [0.4, 0.5) is 0 Å². The highest BCUT2D eigenvalue weighted by Crippen LogP contribution is 2.52. The van der Waals surface area contributed by atoms with Gasteiger partial charge in [-0.2, -0.15) is 0 Å². The van der Waals surface area contributed by atoms with Gasteiger partial charge in [0.25, 0.3) is 0 Å². The average molecular weight is 329 g/mol. The van der Waals surface area contributed by atoms with Crippen molar-refractivity contribution >= 4 is 5.97 Å². The van der Waals surface area contributed by atoms with Crippen LogP contribution in [0.1, 0.15) is 76.3 Å². The lowest BCUT2D eigenvalue weighted by molar-refractivity contribution is -0.139. The predicted octanol–water partition coefficient (Wildman–Crippen LogP) is 4.56. The Labute approximate surface area is 146 Å². The largest absolute Gasteiger partial charge is 0.481 e.